The maximum absolute atomic E-state index is 12.1. The van der Waals surface area contributed by atoms with E-state index >= 15 is 0 Å². The van der Waals surface area contributed by atoms with Crippen molar-refractivity contribution in [3.63, 3.8) is 0 Å². The number of aromatic nitrogens is 2. The number of piperazine rings is 1. The number of aromatic amines is 1. The number of aryl methyl sites for hydroxylation is 1. The Balaban J connectivity index is 1.42. The Hall–Kier alpha value is -3.70. The molecule has 1 amide bonds. The van der Waals surface area contributed by atoms with Gasteiger partial charge in [0.1, 0.15) is 6.07 Å². The first-order valence-electron chi connectivity index (χ1n) is 10.8. The van der Waals surface area contributed by atoms with E-state index in [4.69, 9.17) is 0 Å². The molecular formula is C24H26N6O2. The number of pyridine rings is 2. The quantitative estimate of drug-likeness (QED) is 0.642. The summed E-state index contributed by atoms with van der Waals surface area (Å²) in [5.74, 6) is -0.255. The molecule has 0 saturated carbocycles. The fourth-order valence-corrected chi connectivity index (χ4v) is 4.09. The van der Waals surface area contributed by atoms with E-state index in [9.17, 15) is 14.9 Å². The van der Waals surface area contributed by atoms with Gasteiger partial charge >= 0.3 is 0 Å². The highest BCUT2D eigenvalue weighted by Crippen LogP contribution is 2.22. The number of nitrogens with one attached hydrogen (secondary N) is 2. The van der Waals surface area contributed by atoms with Gasteiger partial charge in [0.25, 0.3) is 11.5 Å². The van der Waals surface area contributed by atoms with Crippen LogP contribution in [0.1, 0.15) is 34.0 Å². The molecule has 2 N–H and O–H groups in total. The number of nitriles is 1. The fraction of sp³-hybridized carbons (Fsp3) is 0.333. The molecule has 4 rings (SSSR count). The lowest BCUT2D eigenvalue weighted by atomic mass is 10.1. The second kappa shape index (κ2) is 9.20. The zero-order valence-corrected chi connectivity index (χ0v) is 18.3. The van der Waals surface area contributed by atoms with Gasteiger partial charge in [-0.05, 0) is 42.3 Å². The van der Waals surface area contributed by atoms with Crippen molar-refractivity contribution in [3.8, 4) is 6.07 Å². The molecule has 0 spiro atoms. The number of anilines is 1. The molecule has 2 aromatic heterocycles. The van der Waals surface area contributed by atoms with Gasteiger partial charge in [0.2, 0.25) is 0 Å². The third-order valence-electron chi connectivity index (χ3n) is 5.95. The number of amides is 1. The van der Waals surface area contributed by atoms with Crippen molar-refractivity contribution < 1.29 is 4.79 Å². The van der Waals surface area contributed by atoms with Crippen LogP contribution in [-0.4, -0.2) is 54.0 Å². The van der Waals surface area contributed by atoms with Crippen molar-refractivity contribution in [1.82, 2.24) is 20.2 Å². The summed E-state index contributed by atoms with van der Waals surface area (Å²) in [4.78, 5) is 36.1. The molecule has 1 saturated heterocycles. The van der Waals surface area contributed by atoms with Gasteiger partial charge in [-0.1, -0.05) is 6.92 Å². The summed E-state index contributed by atoms with van der Waals surface area (Å²) in [5, 5.41) is 12.0. The number of fused-ring (bicyclic) bond motifs is 1. The molecule has 0 atom stereocenters. The third-order valence-corrected chi connectivity index (χ3v) is 5.95. The summed E-state index contributed by atoms with van der Waals surface area (Å²) >= 11 is 0. The number of benzene rings is 1. The number of hydrogen-bond donors (Lipinski definition) is 2. The summed E-state index contributed by atoms with van der Waals surface area (Å²) in [6, 6.07) is 11.4. The van der Waals surface area contributed by atoms with Crippen LogP contribution in [-0.2, 0) is 13.0 Å². The molecule has 3 aromatic rings. The Bertz CT molecular complexity index is 1250. The Labute approximate surface area is 186 Å². The highest BCUT2D eigenvalue weighted by atomic mass is 16.1. The summed E-state index contributed by atoms with van der Waals surface area (Å²) in [5.41, 5.74) is 5.06. The van der Waals surface area contributed by atoms with Crippen molar-refractivity contribution >= 4 is 22.6 Å². The minimum absolute atomic E-state index is 0.0493. The van der Waals surface area contributed by atoms with E-state index in [1.165, 1.54) is 0 Å². The van der Waals surface area contributed by atoms with Crippen molar-refractivity contribution in [1.29, 1.82) is 5.26 Å². The van der Waals surface area contributed by atoms with Gasteiger partial charge in [0.15, 0.2) is 0 Å². The molecule has 8 heteroatoms. The van der Waals surface area contributed by atoms with Crippen LogP contribution in [0, 0.1) is 11.3 Å². The summed E-state index contributed by atoms with van der Waals surface area (Å²) < 4.78 is 0. The largest absolute Gasteiger partial charge is 0.369 e. The lowest BCUT2D eigenvalue weighted by Crippen LogP contribution is -2.46. The van der Waals surface area contributed by atoms with Crippen LogP contribution in [0.2, 0.25) is 0 Å². The average molecular weight is 431 g/mol. The van der Waals surface area contributed by atoms with Crippen LogP contribution in [0.15, 0.2) is 41.3 Å². The Morgan fingerprint density at radius 1 is 1.22 bits per heavy atom. The lowest BCUT2D eigenvalue weighted by Gasteiger charge is -2.36. The van der Waals surface area contributed by atoms with Gasteiger partial charge < -0.3 is 15.2 Å². The molecule has 1 aliphatic rings. The first-order valence-corrected chi connectivity index (χ1v) is 10.8. The third kappa shape index (κ3) is 4.34. The fourth-order valence-electron chi connectivity index (χ4n) is 4.09. The Morgan fingerprint density at radius 2 is 2.00 bits per heavy atom. The number of nitrogens with zero attached hydrogens (tertiary/aromatic N) is 4. The van der Waals surface area contributed by atoms with Crippen molar-refractivity contribution in [2.45, 2.75) is 19.9 Å². The van der Waals surface area contributed by atoms with Gasteiger partial charge in [-0.3, -0.25) is 19.5 Å². The monoisotopic (exact) mass is 430 g/mol. The maximum atomic E-state index is 12.1. The van der Waals surface area contributed by atoms with Gasteiger partial charge in [-0.2, -0.15) is 5.26 Å². The molecule has 0 aliphatic carbocycles. The molecule has 32 heavy (non-hydrogen) atoms. The molecule has 164 valence electrons. The molecule has 1 fully saturated rings. The van der Waals surface area contributed by atoms with Gasteiger partial charge in [-0.15, -0.1) is 0 Å². The van der Waals surface area contributed by atoms with E-state index in [2.05, 4.69) is 31.2 Å². The molecule has 0 radical (unpaired) electrons. The number of hydrogen-bond acceptors (Lipinski definition) is 6. The molecule has 1 aliphatic heterocycles. The van der Waals surface area contributed by atoms with E-state index in [0.717, 1.165) is 60.6 Å². The van der Waals surface area contributed by atoms with Crippen molar-refractivity contribution in [3.05, 3.63) is 69.1 Å². The molecular weight excluding hydrogens is 404 g/mol. The van der Waals surface area contributed by atoms with E-state index in [1.54, 1.807) is 19.2 Å². The van der Waals surface area contributed by atoms with Gasteiger partial charge in [0.05, 0.1) is 22.2 Å². The summed E-state index contributed by atoms with van der Waals surface area (Å²) in [6.07, 6.45) is 2.56. The zero-order valence-electron chi connectivity index (χ0n) is 18.3. The second-order valence-corrected chi connectivity index (χ2v) is 7.94. The molecule has 0 bridgehead atoms. The van der Waals surface area contributed by atoms with E-state index in [0.29, 0.717) is 17.5 Å². The van der Waals surface area contributed by atoms with E-state index < -0.39 is 0 Å². The lowest BCUT2D eigenvalue weighted by molar-refractivity contribution is 0.0963. The average Bonchev–Trinajstić information content (AvgIpc) is 2.83. The first kappa shape index (κ1) is 21.5. The smallest absolute Gasteiger partial charge is 0.252 e. The van der Waals surface area contributed by atoms with Crippen LogP contribution < -0.4 is 15.8 Å². The van der Waals surface area contributed by atoms with Crippen LogP contribution >= 0.6 is 0 Å². The predicted octanol–water partition coefficient (Wildman–Crippen LogP) is 2.04. The molecule has 3 heterocycles. The number of H-pyrrole nitrogens is 1. The van der Waals surface area contributed by atoms with Gasteiger partial charge in [0, 0.05) is 57.2 Å². The van der Waals surface area contributed by atoms with Crippen molar-refractivity contribution in [2.75, 3.05) is 38.1 Å². The number of carbonyl (C=O) groups is 1. The minimum atomic E-state index is -0.255. The minimum Gasteiger partial charge on any atom is -0.369 e. The summed E-state index contributed by atoms with van der Waals surface area (Å²) in [6.45, 7) is 6.09. The van der Waals surface area contributed by atoms with E-state index in [1.807, 2.05) is 31.3 Å². The predicted molar refractivity (Wildman–Crippen MR) is 124 cm³/mol. The second-order valence-electron chi connectivity index (χ2n) is 7.94. The van der Waals surface area contributed by atoms with Crippen LogP contribution in [0.25, 0.3) is 11.0 Å². The van der Waals surface area contributed by atoms with Crippen LogP contribution in [0.3, 0.4) is 0 Å². The normalized spacial score (nSPS) is 14.3. The van der Waals surface area contributed by atoms with E-state index in [-0.39, 0.29) is 11.5 Å². The highest BCUT2D eigenvalue weighted by Gasteiger charge is 2.19. The zero-order chi connectivity index (χ0) is 22.7. The SMILES string of the molecule is CCc1cc2ncc(CN3CCN(c4ccc(C(=O)NC)c(C#N)c4)CC3)cc2[nH]c1=O. The van der Waals surface area contributed by atoms with Gasteiger partial charge in [-0.25, -0.2) is 0 Å². The standard InChI is InChI=1S/C24H26N6O2/c1-3-17-12-21-22(28-23(17)31)10-16(14-27-21)15-29-6-8-30(9-7-29)19-4-5-20(24(32)26-2)18(11-19)13-25/h4-5,10-12,14H,3,6-9,15H2,1-2H3,(H,26,32)(H,28,31). The Kier molecular flexibility index (Phi) is 6.19. The van der Waals surface area contributed by atoms with Crippen molar-refractivity contribution in [2.24, 2.45) is 0 Å². The molecule has 1 aromatic carbocycles. The first-order chi connectivity index (χ1) is 15.5. The molecule has 0 unspecified atom stereocenters. The van der Waals surface area contributed by atoms with Crippen LogP contribution in [0.4, 0.5) is 5.69 Å². The number of rotatable bonds is 5. The number of carbonyl (C=O) groups excluding carboxylic acids is 1. The maximum Gasteiger partial charge on any atom is 0.252 e. The topological polar surface area (TPSA) is 105 Å². The summed E-state index contributed by atoms with van der Waals surface area (Å²) in [7, 11) is 1.56. The van der Waals surface area contributed by atoms with Crippen LogP contribution in [0.5, 0.6) is 0 Å². The highest BCUT2D eigenvalue weighted by molar-refractivity contribution is 5.97. The Morgan fingerprint density at radius 3 is 2.69 bits per heavy atom. The molecule has 8 nitrogen and oxygen atoms in total.